The summed E-state index contributed by atoms with van der Waals surface area (Å²) in [4.78, 5) is 0. The van der Waals surface area contributed by atoms with Gasteiger partial charge in [-0.1, -0.05) is 65.2 Å². The molecule has 0 aliphatic heterocycles. The number of allylic oxidation sites excluding steroid dienone is 4. The maximum atomic E-state index is 2.34. The minimum Gasteiger partial charge on any atom is -0.0725 e. The van der Waals surface area contributed by atoms with Gasteiger partial charge in [0.25, 0.3) is 0 Å². The van der Waals surface area contributed by atoms with Gasteiger partial charge in [-0.2, -0.15) is 0 Å². The van der Waals surface area contributed by atoms with Crippen molar-refractivity contribution in [1.82, 2.24) is 0 Å². The van der Waals surface area contributed by atoms with Crippen LogP contribution in [-0.2, 0) is 6.42 Å². The quantitative estimate of drug-likeness (QED) is 0.706. The van der Waals surface area contributed by atoms with E-state index in [1.54, 1.807) is 10.4 Å². The lowest BCUT2D eigenvalue weighted by Gasteiger charge is -2.09. The molecule has 0 bridgehead atoms. The monoisotopic (exact) mass is 240 g/mol. The van der Waals surface area contributed by atoms with E-state index in [1.807, 2.05) is 0 Å². The molecule has 0 heterocycles. The fourth-order valence-electron chi connectivity index (χ4n) is 2.36. The van der Waals surface area contributed by atoms with Gasteiger partial charge in [0.2, 0.25) is 0 Å². The van der Waals surface area contributed by atoms with Gasteiger partial charge in [-0.05, 0) is 32.3 Å². The van der Waals surface area contributed by atoms with Crippen LogP contribution in [0.4, 0.5) is 0 Å². The van der Waals surface area contributed by atoms with Crippen LogP contribution in [0.5, 0.6) is 0 Å². The standard InChI is InChI=1S/C16H20Si/c1-4-7-14-8-5-6-9-15(14)17-16-11-12(2)10-13(16)3/h5-6,8-10H,4,7,11H2,1-3H3. The first-order valence-electron chi connectivity index (χ1n) is 6.42. The molecule has 0 unspecified atom stereocenters. The lowest BCUT2D eigenvalue weighted by molar-refractivity contribution is 0.927. The molecule has 88 valence electrons. The van der Waals surface area contributed by atoms with Crippen molar-refractivity contribution in [1.29, 1.82) is 0 Å². The van der Waals surface area contributed by atoms with E-state index in [0.717, 1.165) is 9.52 Å². The second kappa shape index (κ2) is 5.50. The molecule has 1 aliphatic carbocycles. The van der Waals surface area contributed by atoms with Crippen molar-refractivity contribution < 1.29 is 0 Å². The Bertz CT molecular complexity index is 466. The predicted octanol–water partition coefficient (Wildman–Crippen LogP) is 3.59. The maximum Gasteiger partial charge on any atom is 0.117 e. The van der Waals surface area contributed by atoms with Crippen LogP contribution in [0.2, 0.25) is 0 Å². The van der Waals surface area contributed by atoms with Crippen molar-refractivity contribution in [3.8, 4) is 0 Å². The zero-order chi connectivity index (χ0) is 12.3. The van der Waals surface area contributed by atoms with Crippen LogP contribution in [0.3, 0.4) is 0 Å². The Morgan fingerprint density at radius 1 is 1.18 bits per heavy atom. The molecule has 1 aliphatic rings. The summed E-state index contributed by atoms with van der Waals surface area (Å²) in [5.74, 6) is 0. The second-order valence-corrected chi connectivity index (χ2v) is 6.25. The topological polar surface area (TPSA) is 0 Å². The fourth-order valence-corrected chi connectivity index (χ4v) is 3.87. The zero-order valence-corrected chi connectivity index (χ0v) is 12.0. The zero-order valence-electron chi connectivity index (χ0n) is 11.0. The summed E-state index contributed by atoms with van der Waals surface area (Å²) in [5.41, 5.74) is 4.54. The average Bonchev–Trinajstić information content (AvgIpc) is 2.61. The molecule has 1 aromatic rings. The third kappa shape index (κ3) is 2.98. The van der Waals surface area contributed by atoms with Gasteiger partial charge in [-0.15, -0.1) is 0 Å². The van der Waals surface area contributed by atoms with E-state index in [2.05, 4.69) is 51.1 Å². The number of aryl methyl sites for hydroxylation is 1. The highest BCUT2D eigenvalue weighted by molar-refractivity contribution is 6.61. The molecule has 0 spiro atoms. The summed E-state index contributed by atoms with van der Waals surface area (Å²) in [7, 11) is 0.861. The molecular formula is C16H20Si. The molecular weight excluding hydrogens is 220 g/mol. The van der Waals surface area contributed by atoms with Crippen LogP contribution in [0.1, 0.15) is 39.2 Å². The van der Waals surface area contributed by atoms with Gasteiger partial charge in [-0.3, -0.25) is 0 Å². The van der Waals surface area contributed by atoms with E-state index in [1.165, 1.54) is 36.0 Å². The molecule has 1 aromatic carbocycles. The Balaban J connectivity index is 2.17. The smallest absolute Gasteiger partial charge is 0.0725 e. The minimum absolute atomic E-state index is 0.861. The third-order valence-electron chi connectivity index (χ3n) is 3.22. The van der Waals surface area contributed by atoms with Gasteiger partial charge in [0, 0.05) is 0 Å². The van der Waals surface area contributed by atoms with Crippen molar-refractivity contribution in [3.05, 3.63) is 52.2 Å². The van der Waals surface area contributed by atoms with E-state index in [4.69, 9.17) is 0 Å². The van der Waals surface area contributed by atoms with Crippen molar-refractivity contribution >= 4 is 14.7 Å². The summed E-state index contributed by atoms with van der Waals surface area (Å²) >= 11 is 0. The maximum absolute atomic E-state index is 2.34. The number of hydrogen-bond donors (Lipinski definition) is 0. The highest BCUT2D eigenvalue weighted by Gasteiger charge is 2.13. The number of benzene rings is 1. The lowest BCUT2D eigenvalue weighted by atomic mass is 10.1. The van der Waals surface area contributed by atoms with Gasteiger partial charge in [0.1, 0.15) is 9.52 Å². The second-order valence-electron chi connectivity index (χ2n) is 4.86. The number of rotatable bonds is 4. The molecule has 2 radical (unpaired) electrons. The van der Waals surface area contributed by atoms with Crippen molar-refractivity contribution in [2.45, 2.75) is 40.0 Å². The average molecular weight is 240 g/mol. The molecule has 2 rings (SSSR count). The highest BCUT2D eigenvalue weighted by atomic mass is 28.2. The van der Waals surface area contributed by atoms with Crippen LogP contribution in [0, 0.1) is 0 Å². The molecule has 0 N–H and O–H groups in total. The Hall–Kier alpha value is -1.08. The van der Waals surface area contributed by atoms with Gasteiger partial charge in [0.15, 0.2) is 0 Å². The largest absolute Gasteiger partial charge is 0.117 e. The van der Waals surface area contributed by atoms with Gasteiger partial charge in [-0.25, -0.2) is 0 Å². The molecule has 0 saturated heterocycles. The Morgan fingerprint density at radius 2 is 1.94 bits per heavy atom. The summed E-state index contributed by atoms with van der Waals surface area (Å²) < 4.78 is 0. The van der Waals surface area contributed by atoms with Crippen molar-refractivity contribution in [3.63, 3.8) is 0 Å². The van der Waals surface area contributed by atoms with Crippen LogP contribution < -0.4 is 5.19 Å². The molecule has 17 heavy (non-hydrogen) atoms. The molecule has 1 heteroatoms. The first kappa shape index (κ1) is 12.4. The summed E-state index contributed by atoms with van der Waals surface area (Å²) in [6.07, 6.45) is 5.97. The summed E-state index contributed by atoms with van der Waals surface area (Å²) in [6, 6.07) is 8.93. The third-order valence-corrected chi connectivity index (χ3v) is 4.85. The van der Waals surface area contributed by atoms with E-state index >= 15 is 0 Å². The first-order chi connectivity index (χ1) is 8.20. The highest BCUT2D eigenvalue weighted by Crippen LogP contribution is 2.23. The fraction of sp³-hybridized carbons (Fsp3) is 0.375. The Labute approximate surface area is 107 Å². The normalized spacial score (nSPS) is 15.4. The molecule has 0 saturated carbocycles. The molecule has 0 atom stereocenters. The predicted molar refractivity (Wildman–Crippen MR) is 76.9 cm³/mol. The van der Waals surface area contributed by atoms with E-state index in [0.29, 0.717) is 0 Å². The minimum atomic E-state index is 0.861. The molecule has 0 nitrogen and oxygen atoms in total. The molecule has 0 aromatic heterocycles. The van der Waals surface area contributed by atoms with Crippen molar-refractivity contribution in [2.75, 3.05) is 0 Å². The lowest BCUT2D eigenvalue weighted by Crippen LogP contribution is -2.21. The molecule has 0 fully saturated rings. The Morgan fingerprint density at radius 3 is 2.59 bits per heavy atom. The van der Waals surface area contributed by atoms with E-state index < -0.39 is 0 Å². The summed E-state index contributed by atoms with van der Waals surface area (Å²) in [6.45, 7) is 6.74. The van der Waals surface area contributed by atoms with Crippen LogP contribution in [-0.4, -0.2) is 9.52 Å². The molecule has 0 amide bonds. The first-order valence-corrected chi connectivity index (χ1v) is 7.42. The van der Waals surface area contributed by atoms with Gasteiger partial charge < -0.3 is 0 Å². The Kier molecular flexibility index (Phi) is 4.00. The number of hydrogen-bond acceptors (Lipinski definition) is 0. The van der Waals surface area contributed by atoms with Crippen LogP contribution >= 0.6 is 0 Å². The SMILES string of the molecule is CCCc1ccccc1[Si]C1=C(C)C=C(C)C1. The van der Waals surface area contributed by atoms with E-state index in [9.17, 15) is 0 Å². The van der Waals surface area contributed by atoms with Crippen molar-refractivity contribution in [2.24, 2.45) is 0 Å². The van der Waals surface area contributed by atoms with E-state index in [-0.39, 0.29) is 0 Å². The summed E-state index contributed by atoms with van der Waals surface area (Å²) in [5, 5.41) is 3.18. The van der Waals surface area contributed by atoms with Crippen LogP contribution in [0.15, 0.2) is 46.7 Å². The van der Waals surface area contributed by atoms with Crippen LogP contribution in [0.25, 0.3) is 0 Å². The van der Waals surface area contributed by atoms with Gasteiger partial charge in [0.05, 0.1) is 0 Å². The van der Waals surface area contributed by atoms with Gasteiger partial charge >= 0.3 is 0 Å².